The number of rotatable bonds is 3. The molecule has 0 aliphatic rings. The molecule has 0 radical (unpaired) electrons. The topological polar surface area (TPSA) is 28.0 Å². The minimum atomic E-state index is 0.866. The number of anilines is 1. The van der Waals surface area contributed by atoms with E-state index in [9.17, 15) is 0 Å². The Hall–Kier alpha value is -1.64. The Morgan fingerprint density at radius 3 is 2.00 bits per heavy atom. The Morgan fingerprint density at radius 1 is 1.08 bits per heavy atom. The zero-order chi connectivity index (χ0) is 8.97. The molecule has 0 spiro atoms. The van der Waals surface area contributed by atoms with Gasteiger partial charge in [0.25, 0.3) is 0 Å². The van der Waals surface area contributed by atoms with Crippen molar-refractivity contribution in [2.45, 2.75) is 6.92 Å². The van der Waals surface area contributed by atoms with Crippen LogP contribution in [0.2, 0.25) is 0 Å². The van der Waals surface area contributed by atoms with Crippen molar-refractivity contribution >= 4 is 19.1 Å². The van der Waals surface area contributed by atoms with Crippen LogP contribution in [0.5, 0.6) is 0 Å². The summed E-state index contributed by atoms with van der Waals surface area (Å²) in [6.45, 7) is 8.77. The molecule has 0 bridgehead atoms. The summed E-state index contributed by atoms with van der Waals surface area (Å²) in [5.41, 5.74) is 2.07. The van der Waals surface area contributed by atoms with Crippen molar-refractivity contribution < 1.29 is 0 Å². The minimum Gasteiger partial charge on any atom is -0.167 e. The maximum Gasteiger partial charge on any atom is 0.0856 e. The highest BCUT2D eigenvalue weighted by Crippen LogP contribution is 2.14. The zero-order valence-electron chi connectivity index (χ0n) is 7.07. The van der Waals surface area contributed by atoms with Crippen molar-refractivity contribution in [3.8, 4) is 0 Å². The molecule has 3 nitrogen and oxygen atoms in total. The summed E-state index contributed by atoms with van der Waals surface area (Å²) in [4.78, 5) is 0. The Kier molecular flexibility index (Phi) is 2.58. The summed E-state index contributed by atoms with van der Waals surface area (Å²) in [7, 11) is 0. The van der Waals surface area contributed by atoms with Crippen LogP contribution in [0.25, 0.3) is 0 Å². The van der Waals surface area contributed by atoms with Gasteiger partial charge < -0.3 is 0 Å². The van der Waals surface area contributed by atoms with E-state index in [1.165, 1.54) is 10.7 Å². The van der Waals surface area contributed by atoms with Crippen LogP contribution in [-0.2, 0) is 0 Å². The van der Waals surface area contributed by atoms with E-state index in [2.05, 4.69) is 23.6 Å². The Bertz CT molecular complexity index is 268. The van der Waals surface area contributed by atoms with Crippen LogP contribution in [0.4, 0.5) is 5.69 Å². The fraction of sp³-hybridized carbons (Fsp3) is 0.111. The maximum atomic E-state index is 3.66. The molecule has 12 heavy (non-hydrogen) atoms. The Labute approximate surface area is 72.0 Å². The van der Waals surface area contributed by atoms with E-state index in [1.54, 1.807) is 0 Å². The SMILES string of the molecule is C=NN(N=C)c1ccc(C)cc1. The van der Waals surface area contributed by atoms with Crippen LogP contribution < -0.4 is 5.12 Å². The van der Waals surface area contributed by atoms with Crippen LogP contribution in [0.3, 0.4) is 0 Å². The minimum absolute atomic E-state index is 0.866. The van der Waals surface area contributed by atoms with Gasteiger partial charge in [0.1, 0.15) is 0 Å². The standard InChI is InChI=1S/C9H11N3/c1-8-4-6-9(7-5-8)12(10-2)11-3/h4-7H,2-3H2,1H3. The van der Waals surface area contributed by atoms with Gasteiger partial charge in [-0.25, -0.2) is 0 Å². The van der Waals surface area contributed by atoms with Crippen molar-refractivity contribution in [1.82, 2.24) is 0 Å². The second kappa shape index (κ2) is 3.67. The largest absolute Gasteiger partial charge is 0.167 e. The smallest absolute Gasteiger partial charge is 0.0856 e. The van der Waals surface area contributed by atoms with Crippen molar-refractivity contribution in [2.75, 3.05) is 5.12 Å². The summed E-state index contributed by atoms with van der Waals surface area (Å²) in [5, 5.41) is 8.70. The van der Waals surface area contributed by atoms with E-state index in [0.29, 0.717) is 0 Å². The molecule has 3 heteroatoms. The third kappa shape index (κ3) is 1.69. The van der Waals surface area contributed by atoms with Gasteiger partial charge >= 0.3 is 0 Å². The highest BCUT2D eigenvalue weighted by molar-refractivity contribution is 5.49. The fourth-order valence-corrected chi connectivity index (χ4v) is 0.886. The van der Waals surface area contributed by atoms with Crippen LogP contribution in [0.1, 0.15) is 5.56 Å². The van der Waals surface area contributed by atoms with Gasteiger partial charge in [-0.05, 0) is 19.1 Å². The predicted octanol–water partition coefficient (Wildman–Crippen LogP) is 2.03. The van der Waals surface area contributed by atoms with E-state index >= 15 is 0 Å². The third-order valence-electron chi connectivity index (χ3n) is 1.53. The second-order valence-electron chi connectivity index (χ2n) is 2.41. The van der Waals surface area contributed by atoms with Gasteiger partial charge in [0.05, 0.1) is 5.69 Å². The lowest BCUT2D eigenvalue weighted by atomic mass is 10.2. The zero-order valence-corrected chi connectivity index (χ0v) is 7.07. The highest BCUT2D eigenvalue weighted by Gasteiger charge is 1.97. The van der Waals surface area contributed by atoms with Gasteiger partial charge in [-0.3, -0.25) is 0 Å². The molecule has 62 valence electrons. The van der Waals surface area contributed by atoms with Gasteiger partial charge in [0.15, 0.2) is 0 Å². The van der Waals surface area contributed by atoms with E-state index in [1.807, 2.05) is 31.2 Å². The predicted molar refractivity (Wildman–Crippen MR) is 52.8 cm³/mol. The quantitative estimate of drug-likeness (QED) is 0.492. The van der Waals surface area contributed by atoms with Crippen molar-refractivity contribution in [2.24, 2.45) is 10.2 Å². The van der Waals surface area contributed by atoms with Crippen LogP contribution in [-0.4, -0.2) is 13.4 Å². The molecule has 0 heterocycles. The molecule has 0 aliphatic heterocycles. The lowest BCUT2D eigenvalue weighted by molar-refractivity contribution is 0.945. The average Bonchev–Trinajstić information content (AvgIpc) is 2.10. The Morgan fingerprint density at radius 2 is 1.58 bits per heavy atom. The fourth-order valence-electron chi connectivity index (χ4n) is 0.886. The summed E-state index contributed by atoms with van der Waals surface area (Å²) < 4.78 is 0. The summed E-state index contributed by atoms with van der Waals surface area (Å²) in [6, 6.07) is 7.80. The molecule has 0 fully saturated rings. The van der Waals surface area contributed by atoms with Crippen molar-refractivity contribution in [3.63, 3.8) is 0 Å². The van der Waals surface area contributed by atoms with Gasteiger partial charge in [0, 0.05) is 13.4 Å². The second-order valence-corrected chi connectivity index (χ2v) is 2.41. The first-order chi connectivity index (χ1) is 5.77. The third-order valence-corrected chi connectivity index (χ3v) is 1.53. The van der Waals surface area contributed by atoms with Gasteiger partial charge in [-0.1, -0.05) is 17.7 Å². The normalized spacial score (nSPS) is 9.08. The average molecular weight is 161 g/mol. The van der Waals surface area contributed by atoms with Gasteiger partial charge in [-0.15, -0.1) is 0 Å². The van der Waals surface area contributed by atoms with Gasteiger partial charge in [-0.2, -0.15) is 15.3 Å². The molecule has 1 aromatic carbocycles. The van der Waals surface area contributed by atoms with E-state index in [0.717, 1.165) is 5.69 Å². The first kappa shape index (κ1) is 8.46. The molecule has 0 saturated heterocycles. The number of aryl methyl sites for hydroxylation is 1. The van der Waals surface area contributed by atoms with Crippen molar-refractivity contribution in [3.05, 3.63) is 29.8 Å². The summed E-state index contributed by atoms with van der Waals surface area (Å²) in [5.74, 6) is 0. The molecule has 0 unspecified atom stereocenters. The first-order valence-electron chi connectivity index (χ1n) is 3.58. The number of hydrogen-bond donors (Lipinski definition) is 0. The molecular weight excluding hydrogens is 150 g/mol. The molecule has 1 rings (SSSR count). The Balaban J connectivity index is 2.94. The van der Waals surface area contributed by atoms with Crippen LogP contribution in [0, 0.1) is 6.92 Å². The lowest BCUT2D eigenvalue weighted by Gasteiger charge is -2.10. The number of benzene rings is 1. The van der Waals surface area contributed by atoms with Gasteiger partial charge in [0.2, 0.25) is 0 Å². The molecule has 0 aliphatic carbocycles. The molecule has 0 aromatic heterocycles. The van der Waals surface area contributed by atoms with Crippen molar-refractivity contribution in [1.29, 1.82) is 0 Å². The van der Waals surface area contributed by atoms with E-state index < -0.39 is 0 Å². The molecule has 0 amide bonds. The van der Waals surface area contributed by atoms with E-state index in [-0.39, 0.29) is 0 Å². The number of hydrazone groups is 2. The highest BCUT2D eigenvalue weighted by atomic mass is 15.6. The molecule has 0 saturated carbocycles. The lowest BCUT2D eigenvalue weighted by Crippen LogP contribution is -2.05. The molecule has 0 atom stereocenters. The van der Waals surface area contributed by atoms with Crippen LogP contribution >= 0.6 is 0 Å². The van der Waals surface area contributed by atoms with E-state index in [4.69, 9.17) is 0 Å². The first-order valence-corrected chi connectivity index (χ1v) is 3.58. The van der Waals surface area contributed by atoms with Crippen LogP contribution in [0.15, 0.2) is 34.5 Å². The number of nitrogens with zero attached hydrogens (tertiary/aromatic N) is 3. The molecular formula is C9H11N3. The number of hydrogen-bond acceptors (Lipinski definition) is 3. The summed E-state index contributed by atoms with van der Waals surface area (Å²) >= 11 is 0. The monoisotopic (exact) mass is 161 g/mol. The maximum absolute atomic E-state index is 3.66. The summed E-state index contributed by atoms with van der Waals surface area (Å²) in [6.07, 6.45) is 0. The molecule has 0 N–H and O–H groups in total. The molecule has 1 aromatic rings.